The molecular formula is C10H14F2N2. The van der Waals surface area contributed by atoms with Crippen LogP contribution < -0.4 is 11.1 Å². The first-order valence-electron chi connectivity index (χ1n) is 4.51. The zero-order chi connectivity index (χ0) is 10.6. The van der Waals surface area contributed by atoms with Crippen LogP contribution in [0.2, 0.25) is 0 Å². The predicted molar refractivity (Wildman–Crippen MR) is 51.9 cm³/mol. The van der Waals surface area contributed by atoms with Crippen molar-refractivity contribution in [1.82, 2.24) is 5.32 Å². The average molecular weight is 200 g/mol. The molecule has 0 spiro atoms. The summed E-state index contributed by atoms with van der Waals surface area (Å²) in [7, 11) is 0. The highest BCUT2D eigenvalue weighted by Gasteiger charge is 2.10. The smallest absolute Gasteiger partial charge is 0.133 e. The average Bonchev–Trinajstić information content (AvgIpc) is 2.18. The van der Waals surface area contributed by atoms with Crippen LogP contribution in [-0.4, -0.2) is 13.1 Å². The number of halogens is 2. The fourth-order valence-corrected chi connectivity index (χ4v) is 1.19. The summed E-state index contributed by atoms with van der Waals surface area (Å²) in [5, 5.41) is 2.86. The molecule has 2 nitrogen and oxygen atoms in total. The Hall–Kier alpha value is -1.00. The van der Waals surface area contributed by atoms with Crippen molar-refractivity contribution in [3.63, 3.8) is 0 Å². The van der Waals surface area contributed by atoms with E-state index >= 15 is 0 Å². The lowest BCUT2D eigenvalue weighted by Gasteiger charge is -2.07. The Morgan fingerprint density at radius 2 is 2.07 bits per heavy atom. The number of nitrogens with one attached hydrogen (secondary N) is 1. The summed E-state index contributed by atoms with van der Waals surface area (Å²) in [5.74, 6) is -0.993. The minimum atomic E-state index is -0.516. The van der Waals surface area contributed by atoms with E-state index in [0.717, 1.165) is 0 Å². The number of nitrogens with two attached hydrogens (primary N) is 1. The van der Waals surface area contributed by atoms with Crippen LogP contribution in [-0.2, 0) is 6.54 Å². The third-order valence-corrected chi connectivity index (χ3v) is 2.00. The van der Waals surface area contributed by atoms with Gasteiger partial charge in [0.1, 0.15) is 11.6 Å². The molecule has 0 saturated carbocycles. The second-order valence-corrected chi connectivity index (χ2v) is 3.12. The third-order valence-electron chi connectivity index (χ3n) is 2.00. The summed E-state index contributed by atoms with van der Waals surface area (Å²) in [6.07, 6.45) is 0. The highest BCUT2D eigenvalue weighted by molar-refractivity contribution is 5.26. The van der Waals surface area contributed by atoms with Gasteiger partial charge in [0.15, 0.2) is 0 Å². The predicted octanol–water partition coefficient (Wildman–Crippen LogP) is 1.32. The first kappa shape index (κ1) is 11.1. The quantitative estimate of drug-likeness (QED) is 0.719. The number of rotatable bonds is 4. The van der Waals surface area contributed by atoms with Crippen LogP contribution in [0.25, 0.3) is 0 Å². The van der Waals surface area contributed by atoms with E-state index in [9.17, 15) is 8.78 Å². The maximum absolute atomic E-state index is 13.4. The van der Waals surface area contributed by atoms with Gasteiger partial charge in [-0.3, -0.25) is 0 Å². The molecule has 1 rings (SSSR count). The molecule has 0 heterocycles. The van der Waals surface area contributed by atoms with Crippen molar-refractivity contribution in [2.75, 3.05) is 13.1 Å². The van der Waals surface area contributed by atoms with E-state index in [-0.39, 0.29) is 12.1 Å². The fraction of sp³-hybridized carbons (Fsp3) is 0.400. The van der Waals surface area contributed by atoms with Crippen molar-refractivity contribution < 1.29 is 8.78 Å². The minimum absolute atomic E-state index is 0.0819. The zero-order valence-electron chi connectivity index (χ0n) is 8.11. The van der Waals surface area contributed by atoms with E-state index in [2.05, 4.69) is 5.32 Å². The summed E-state index contributed by atoms with van der Waals surface area (Å²) in [4.78, 5) is 0. The van der Waals surface area contributed by atoms with Crippen molar-refractivity contribution in [1.29, 1.82) is 0 Å². The van der Waals surface area contributed by atoms with Crippen LogP contribution in [0.5, 0.6) is 0 Å². The molecule has 0 aliphatic heterocycles. The van der Waals surface area contributed by atoms with Crippen molar-refractivity contribution >= 4 is 0 Å². The molecule has 3 N–H and O–H groups in total. The van der Waals surface area contributed by atoms with Crippen LogP contribution in [0, 0.1) is 18.6 Å². The van der Waals surface area contributed by atoms with E-state index < -0.39 is 11.6 Å². The molecule has 78 valence electrons. The molecule has 0 radical (unpaired) electrons. The molecule has 0 aromatic heterocycles. The van der Waals surface area contributed by atoms with Crippen LogP contribution in [0.3, 0.4) is 0 Å². The number of benzene rings is 1. The number of hydrogen-bond donors (Lipinski definition) is 2. The topological polar surface area (TPSA) is 38.0 Å². The van der Waals surface area contributed by atoms with Crippen LogP contribution in [0.4, 0.5) is 8.78 Å². The molecule has 0 fully saturated rings. The maximum Gasteiger partial charge on any atom is 0.133 e. The second-order valence-electron chi connectivity index (χ2n) is 3.12. The van der Waals surface area contributed by atoms with Crippen LogP contribution in [0.15, 0.2) is 12.1 Å². The van der Waals surface area contributed by atoms with E-state index in [1.54, 1.807) is 6.92 Å². The van der Waals surface area contributed by atoms with E-state index in [4.69, 9.17) is 5.73 Å². The monoisotopic (exact) mass is 200 g/mol. The zero-order valence-corrected chi connectivity index (χ0v) is 8.11. The van der Waals surface area contributed by atoms with Crippen LogP contribution >= 0.6 is 0 Å². The lowest BCUT2D eigenvalue weighted by atomic mass is 10.1. The van der Waals surface area contributed by atoms with E-state index in [0.29, 0.717) is 18.7 Å². The lowest BCUT2D eigenvalue weighted by molar-refractivity contribution is 0.532. The van der Waals surface area contributed by atoms with Crippen molar-refractivity contribution in [2.24, 2.45) is 5.73 Å². The van der Waals surface area contributed by atoms with Gasteiger partial charge in [0.05, 0.1) is 0 Å². The molecular weight excluding hydrogens is 186 g/mol. The lowest BCUT2D eigenvalue weighted by Crippen LogP contribution is -2.23. The SMILES string of the molecule is Cc1ccc(F)c(CNCCN)c1F. The molecule has 0 atom stereocenters. The Morgan fingerprint density at radius 1 is 1.36 bits per heavy atom. The van der Waals surface area contributed by atoms with Crippen molar-refractivity contribution in [3.05, 3.63) is 34.9 Å². The molecule has 0 unspecified atom stereocenters. The van der Waals surface area contributed by atoms with Gasteiger partial charge >= 0.3 is 0 Å². The van der Waals surface area contributed by atoms with Gasteiger partial charge in [-0.05, 0) is 18.6 Å². The van der Waals surface area contributed by atoms with Gasteiger partial charge in [0.25, 0.3) is 0 Å². The fourth-order valence-electron chi connectivity index (χ4n) is 1.19. The van der Waals surface area contributed by atoms with Gasteiger partial charge in [0, 0.05) is 25.2 Å². The second kappa shape index (κ2) is 5.02. The first-order chi connectivity index (χ1) is 6.66. The molecule has 0 aliphatic carbocycles. The Balaban J connectivity index is 2.79. The van der Waals surface area contributed by atoms with Crippen molar-refractivity contribution in [2.45, 2.75) is 13.5 Å². The number of aryl methyl sites for hydroxylation is 1. The largest absolute Gasteiger partial charge is 0.329 e. The van der Waals surface area contributed by atoms with Gasteiger partial charge in [-0.25, -0.2) is 8.78 Å². The van der Waals surface area contributed by atoms with Gasteiger partial charge in [-0.2, -0.15) is 0 Å². The Labute approximate surface area is 82.1 Å². The Kier molecular flexibility index (Phi) is 3.98. The standard InChI is InChI=1S/C10H14F2N2/c1-7-2-3-9(11)8(10(7)12)6-14-5-4-13/h2-3,14H,4-6,13H2,1H3. The molecule has 1 aromatic carbocycles. The molecule has 1 aromatic rings. The molecule has 0 saturated heterocycles. The Morgan fingerprint density at radius 3 is 2.71 bits per heavy atom. The maximum atomic E-state index is 13.4. The summed E-state index contributed by atoms with van der Waals surface area (Å²) in [6, 6.07) is 2.70. The third kappa shape index (κ3) is 2.49. The van der Waals surface area contributed by atoms with Gasteiger partial charge < -0.3 is 11.1 Å². The highest BCUT2D eigenvalue weighted by atomic mass is 19.1. The molecule has 14 heavy (non-hydrogen) atoms. The molecule has 0 aliphatic rings. The van der Waals surface area contributed by atoms with Crippen molar-refractivity contribution in [3.8, 4) is 0 Å². The molecule has 0 bridgehead atoms. The van der Waals surface area contributed by atoms with Gasteiger partial charge in [-0.15, -0.1) is 0 Å². The van der Waals surface area contributed by atoms with E-state index in [1.165, 1.54) is 12.1 Å². The number of hydrogen-bond acceptors (Lipinski definition) is 2. The summed E-state index contributed by atoms with van der Waals surface area (Å²) in [5.41, 5.74) is 5.79. The van der Waals surface area contributed by atoms with Gasteiger partial charge in [0.2, 0.25) is 0 Å². The summed E-state index contributed by atoms with van der Waals surface area (Å²) in [6.45, 7) is 2.79. The minimum Gasteiger partial charge on any atom is -0.329 e. The molecule has 4 heteroatoms. The van der Waals surface area contributed by atoms with Crippen LogP contribution in [0.1, 0.15) is 11.1 Å². The summed E-state index contributed by atoms with van der Waals surface area (Å²) >= 11 is 0. The first-order valence-corrected chi connectivity index (χ1v) is 4.51. The van der Waals surface area contributed by atoms with E-state index in [1.807, 2.05) is 0 Å². The molecule has 0 amide bonds. The Bertz CT molecular complexity index is 313. The van der Waals surface area contributed by atoms with Gasteiger partial charge in [-0.1, -0.05) is 6.07 Å². The normalized spacial score (nSPS) is 10.6. The summed E-state index contributed by atoms with van der Waals surface area (Å²) < 4.78 is 26.5. The highest BCUT2D eigenvalue weighted by Crippen LogP contribution is 2.15.